The van der Waals surface area contributed by atoms with Gasteiger partial charge in [0.1, 0.15) is 5.69 Å². The molecule has 0 unspecified atom stereocenters. The number of anilines is 1. The number of aromatic nitrogens is 5. The first-order chi connectivity index (χ1) is 15.0. The van der Waals surface area contributed by atoms with E-state index in [9.17, 15) is 4.79 Å². The average Bonchev–Trinajstić information content (AvgIpc) is 3.34. The third-order valence-corrected chi connectivity index (χ3v) is 6.08. The molecule has 4 heterocycles. The molecule has 3 aromatic rings. The molecule has 3 atom stereocenters. The van der Waals surface area contributed by atoms with E-state index >= 15 is 0 Å². The van der Waals surface area contributed by atoms with Crippen molar-refractivity contribution in [2.45, 2.75) is 45.7 Å². The number of hydrogen-bond donors (Lipinski definition) is 1. The fourth-order valence-corrected chi connectivity index (χ4v) is 4.85. The van der Waals surface area contributed by atoms with Crippen molar-refractivity contribution in [1.29, 1.82) is 0 Å². The lowest BCUT2D eigenvalue weighted by Crippen LogP contribution is -2.48. The quantitative estimate of drug-likeness (QED) is 0.700. The van der Waals surface area contributed by atoms with E-state index in [1.165, 1.54) is 0 Å². The number of carbonyl (C=O) groups excluding carboxylic acids is 1. The fraction of sp³-hybridized carbons (Fsp3) is 0.391. The number of fused-ring (bicyclic) bond motifs is 2. The third kappa shape index (κ3) is 3.73. The summed E-state index contributed by atoms with van der Waals surface area (Å²) in [5.74, 6) is 1.57. The van der Waals surface area contributed by atoms with E-state index in [1.54, 1.807) is 18.5 Å². The lowest BCUT2D eigenvalue weighted by molar-refractivity contribution is 0.0692. The van der Waals surface area contributed by atoms with Crippen molar-refractivity contribution in [2.24, 2.45) is 5.92 Å². The molecular weight excluding hydrogens is 390 g/mol. The Morgan fingerprint density at radius 3 is 2.45 bits per heavy atom. The van der Waals surface area contributed by atoms with Gasteiger partial charge < -0.3 is 10.2 Å². The Hall–Kier alpha value is -3.42. The molecule has 5 rings (SSSR count). The van der Waals surface area contributed by atoms with Crippen molar-refractivity contribution >= 4 is 11.9 Å². The highest BCUT2D eigenvalue weighted by Gasteiger charge is 2.47. The number of piperidine rings is 1. The van der Waals surface area contributed by atoms with Crippen LogP contribution in [0.3, 0.4) is 0 Å². The van der Waals surface area contributed by atoms with E-state index in [0.29, 0.717) is 28.9 Å². The van der Waals surface area contributed by atoms with Crippen LogP contribution in [-0.2, 0) is 0 Å². The zero-order valence-corrected chi connectivity index (χ0v) is 17.9. The smallest absolute Gasteiger partial charge is 0.256 e. The van der Waals surface area contributed by atoms with Crippen molar-refractivity contribution in [1.82, 2.24) is 29.8 Å². The van der Waals surface area contributed by atoms with Crippen LogP contribution < -0.4 is 5.32 Å². The molecule has 8 heteroatoms. The van der Waals surface area contributed by atoms with E-state index in [0.717, 1.165) is 36.5 Å². The van der Waals surface area contributed by atoms with Crippen LogP contribution in [0.1, 0.15) is 40.3 Å². The highest BCUT2D eigenvalue weighted by atomic mass is 16.2. The Morgan fingerprint density at radius 1 is 1.00 bits per heavy atom. The molecule has 1 aliphatic heterocycles. The summed E-state index contributed by atoms with van der Waals surface area (Å²) in [4.78, 5) is 37.9. The predicted octanol–water partition coefficient (Wildman–Crippen LogP) is 2.97. The molecule has 0 aromatic carbocycles. The molecule has 1 amide bonds. The maximum Gasteiger partial charge on any atom is 0.256 e. The Labute approximate surface area is 181 Å². The van der Waals surface area contributed by atoms with Crippen LogP contribution in [0, 0.1) is 26.7 Å². The molecule has 2 aliphatic rings. The minimum Gasteiger partial charge on any atom is -0.349 e. The molecule has 3 aromatic heterocycles. The van der Waals surface area contributed by atoms with Crippen molar-refractivity contribution in [3.63, 3.8) is 0 Å². The summed E-state index contributed by atoms with van der Waals surface area (Å²) in [7, 11) is 0. The number of nitrogens with one attached hydrogen (secondary N) is 1. The molecule has 1 aliphatic carbocycles. The zero-order chi connectivity index (χ0) is 21.5. The van der Waals surface area contributed by atoms with Crippen LogP contribution in [0.2, 0.25) is 0 Å². The zero-order valence-electron chi connectivity index (χ0n) is 17.9. The SMILES string of the molecule is Cc1cc(C)nc(N[C@@H]2C[C@@H]3C[C@@H]2N(C(=O)c2ccc(C)nc2-c2ncccn2)C3)n1. The number of aryl methyl sites for hydroxylation is 3. The van der Waals surface area contributed by atoms with Crippen LogP contribution in [-0.4, -0.2) is 54.4 Å². The van der Waals surface area contributed by atoms with Gasteiger partial charge in [-0.1, -0.05) is 0 Å². The van der Waals surface area contributed by atoms with E-state index in [1.807, 2.05) is 43.9 Å². The highest BCUT2D eigenvalue weighted by Crippen LogP contribution is 2.40. The summed E-state index contributed by atoms with van der Waals surface area (Å²) in [6.45, 7) is 6.60. The predicted molar refractivity (Wildman–Crippen MR) is 116 cm³/mol. The van der Waals surface area contributed by atoms with Gasteiger partial charge in [0.25, 0.3) is 5.91 Å². The number of hydrogen-bond acceptors (Lipinski definition) is 7. The lowest BCUT2D eigenvalue weighted by Gasteiger charge is -2.34. The molecule has 8 nitrogen and oxygen atoms in total. The van der Waals surface area contributed by atoms with E-state index in [-0.39, 0.29) is 18.0 Å². The van der Waals surface area contributed by atoms with Gasteiger partial charge in [-0.05, 0) is 63.8 Å². The van der Waals surface area contributed by atoms with Gasteiger partial charge in [-0.2, -0.15) is 0 Å². The lowest BCUT2D eigenvalue weighted by atomic mass is 10.0. The van der Waals surface area contributed by atoms with E-state index in [4.69, 9.17) is 0 Å². The van der Waals surface area contributed by atoms with Gasteiger partial charge in [0.15, 0.2) is 5.82 Å². The molecule has 158 valence electrons. The second-order valence-electron chi connectivity index (χ2n) is 8.51. The Morgan fingerprint density at radius 2 is 1.74 bits per heavy atom. The normalized spacial score (nSPS) is 22.0. The van der Waals surface area contributed by atoms with Crippen LogP contribution in [0.4, 0.5) is 5.95 Å². The first-order valence-corrected chi connectivity index (χ1v) is 10.6. The van der Waals surface area contributed by atoms with E-state index < -0.39 is 0 Å². The monoisotopic (exact) mass is 415 g/mol. The number of carbonyl (C=O) groups is 1. The summed E-state index contributed by atoms with van der Waals surface area (Å²) < 4.78 is 0. The average molecular weight is 416 g/mol. The molecular formula is C23H25N7O. The van der Waals surface area contributed by atoms with Crippen LogP contribution >= 0.6 is 0 Å². The second-order valence-corrected chi connectivity index (χ2v) is 8.51. The molecule has 0 spiro atoms. The number of likely N-dealkylation sites (tertiary alicyclic amines) is 1. The Balaban J connectivity index is 1.42. The molecule has 1 N–H and O–H groups in total. The molecule has 1 saturated heterocycles. The minimum absolute atomic E-state index is 0.0182. The fourth-order valence-electron chi connectivity index (χ4n) is 4.85. The summed E-state index contributed by atoms with van der Waals surface area (Å²) in [5, 5.41) is 3.49. The number of nitrogens with zero attached hydrogens (tertiary/aromatic N) is 6. The van der Waals surface area contributed by atoms with Gasteiger partial charge in [-0.3, -0.25) is 4.79 Å². The second kappa shape index (κ2) is 7.68. The van der Waals surface area contributed by atoms with Crippen LogP contribution in [0.15, 0.2) is 36.7 Å². The maximum absolute atomic E-state index is 13.6. The maximum atomic E-state index is 13.6. The summed E-state index contributed by atoms with van der Waals surface area (Å²) >= 11 is 0. The van der Waals surface area contributed by atoms with Gasteiger partial charge in [-0.25, -0.2) is 24.9 Å². The van der Waals surface area contributed by atoms with E-state index in [2.05, 4.69) is 30.2 Å². The minimum atomic E-state index is -0.0182. The Kier molecular flexibility index (Phi) is 4.84. The standard InChI is InChI=1S/C23H25N7O/c1-13-5-6-17(20(26-13)21-24-7-4-8-25-21)22(31)30-12-16-10-18(19(30)11-16)29-23-27-14(2)9-15(3)28-23/h4-9,16,18-19H,10-12H2,1-3H3,(H,27,28,29)/t16-,18-,19+/m1/s1. The first-order valence-electron chi connectivity index (χ1n) is 10.6. The number of rotatable bonds is 4. The first kappa shape index (κ1) is 19.5. The van der Waals surface area contributed by atoms with Gasteiger partial charge >= 0.3 is 0 Å². The topological polar surface area (TPSA) is 96.8 Å². The molecule has 31 heavy (non-hydrogen) atoms. The summed E-state index contributed by atoms with van der Waals surface area (Å²) in [6, 6.07) is 7.67. The van der Waals surface area contributed by atoms with Crippen molar-refractivity contribution in [3.05, 3.63) is 59.3 Å². The van der Waals surface area contributed by atoms with Crippen molar-refractivity contribution in [2.75, 3.05) is 11.9 Å². The summed E-state index contributed by atoms with van der Waals surface area (Å²) in [5.41, 5.74) is 3.78. The summed E-state index contributed by atoms with van der Waals surface area (Å²) in [6.07, 6.45) is 5.35. The van der Waals surface area contributed by atoms with Gasteiger partial charge in [0, 0.05) is 42.1 Å². The van der Waals surface area contributed by atoms with Gasteiger partial charge in [-0.15, -0.1) is 0 Å². The van der Waals surface area contributed by atoms with Gasteiger partial charge in [0.05, 0.1) is 11.6 Å². The highest BCUT2D eigenvalue weighted by molar-refractivity contribution is 5.99. The van der Waals surface area contributed by atoms with Gasteiger partial charge in [0.2, 0.25) is 5.95 Å². The number of amides is 1. The molecule has 1 saturated carbocycles. The molecule has 2 fully saturated rings. The van der Waals surface area contributed by atoms with Crippen molar-refractivity contribution < 1.29 is 4.79 Å². The number of pyridine rings is 1. The van der Waals surface area contributed by atoms with Crippen LogP contribution in [0.25, 0.3) is 11.5 Å². The molecule has 2 bridgehead atoms. The molecule has 0 radical (unpaired) electrons. The largest absolute Gasteiger partial charge is 0.349 e. The third-order valence-electron chi connectivity index (χ3n) is 6.08. The van der Waals surface area contributed by atoms with Crippen molar-refractivity contribution in [3.8, 4) is 11.5 Å². The van der Waals surface area contributed by atoms with Crippen LogP contribution in [0.5, 0.6) is 0 Å². The Bertz CT molecular complexity index is 1110.